The van der Waals surface area contributed by atoms with Gasteiger partial charge in [0.1, 0.15) is 10.1 Å². The molecule has 5 rings (SSSR count). The fraction of sp³-hybridized carbons (Fsp3) is 0.385. The van der Waals surface area contributed by atoms with E-state index in [9.17, 15) is 16.8 Å². The smallest absolute Gasteiger partial charge is 0.245 e. The quantitative estimate of drug-likeness (QED) is 0.515. The molecule has 0 amide bonds. The largest absolute Gasteiger partial charge is 0.343 e. The topological polar surface area (TPSA) is 104 Å². The molecule has 0 radical (unpaired) electrons. The van der Waals surface area contributed by atoms with E-state index in [0.717, 1.165) is 18.2 Å². The highest BCUT2D eigenvalue weighted by molar-refractivity contribution is 7.90. The first-order chi connectivity index (χ1) is 16.7. The number of para-hydroxylation sites is 1. The highest BCUT2D eigenvalue weighted by Crippen LogP contribution is 2.37. The molecule has 1 aromatic carbocycles. The van der Waals surface area contributed by atoms with Crippen LogP contribution in [0.4, 0.5) is 0 Å². The van der Waals surface area contributed by atoms with E-state index >= 15 is 0 Å². The van der Waals surface area contributed by atoms with Crippen LogP contribution in [0.25, 0.3) is 22.2 Å². The van der Waals surface area contributed by atoms with Crippen molar-refractivity contribution in [2.45, 2.75) is 62.1 Å². The van der Waals surface area contributed by atoms with Crippen molar-refractivity contribution in [3.63, 3.8) is 0 Å². The van der Waals surface area contributed by atoms with Crippen LogP contribution < -0.4 is 5.14 Å². The molecular weight excluding hydrogens is 482 g/mol. The first-order valence-electron chi connectivity index (χ1n) is 12.1. The minimum Gasteiger partial charge on any atom is -0.343 e. The SMILES string of the molecule is Cc1c(S(N)(=O)=O)cc(-c2cn(S(=O)(=O)C3C=CC=CC3)c3ccccc23)n1CC1CCCCC1. The summed E-state index contributed by atoms with van der Waals surface area (Å²) in [6, 6.07) is 8.97. The summed E-state index contributed by atoms with van der Waals surface area (Å²) in [5.74, 6) is 0.443. The molecule has 7 nitrogen and oxygen atoms in total. The van der Waals surface area contributed by atoms with Gasteiger partial charge in [-0.05, 0) is 44.2 Å². The van der Waals surface area contributed by atoms with E-state index in [1.54, 1.807) is 37.4 Å². The second kappa shape index (κ2) is 9.11. The molecule has 2 aliphatic carbocycles. The van der Waals surface area contributed by atoms with Crippen molar-refractivity contribution in [1.82, 2.24) is 8.54 Å². The van der Waals surface area contributed by atoms with Crippen LogP contribution in [-0.4, -0.2) is 30.6 Å². The Morgan fingerprint density at radius 1 is 1.03 bits per heavy atom. The van der Waals surface area contributed by atoms with E-state index in [-0.39, 0.29) is 4.90 Å². The Balaban J connectivity index is 1.71. The van der Waals surface area contributed by atoms with E-state index in [0.29, 0.717) is 41.4 Å². The van der Waals surface area contributed by atoms with Crippen LogP contribution in [0.5, 0.6) is 0 Å². The summed E-state index contributed by atoms with van der Waals surface area (Å²) in [5.41, 5.74) is 2.54. The third-order valence-electron chi connectivity index (χ3n) is 7.34. The zero-order chi connectivity index (χ0) is 24.8. The summed E-state index contributed by atoms with van der Waals surface area (Å²) in [5, 5.41) is 5.68. The number of benzene rings is 1. The molecule has 1 atom stereocenters. The molecule has 2 aliphatic rings. The normalized spacial score (nSPS) is 19.5. The number of nitrogens with two attached hydrogens (primary N) is 1. The van der Waals surface area contributed by atoms with Crippen molar-refractivity contribution in [1.29, 1.82) is 0 Å². The number of rotatable bonds is 6. The van der Waals surface area contributed by atoms with Crippen molar-refractivity contribution in [2.75, 3.05) is 0 Å². The zero-order valence-corrected chi connectivity index (χ0v) is 21.4. The zero-order valence-electron chi connectivity index (χ0n) is 19.8. The van der Waals surface area contributed by atoms with Gasteiger partial charge in [-0.3, -0.25) is 0 Å². The summed E-state index contributed by atoms with van der Waals surface area (Å²) in [7, 11) is -7.66. The molecule has 35 heavy (non-hydrogen) atoms. The van der Waals surface area contributed by atoms with Crippen LogP contribution in [0.15, 0.2) is 65.7 Å². The van der Waals surface area contributed by atoms with E-state index < -0.39 is 25.3 Å². The number of primary sulfonamides is 1. The Labute approximate surface area is 207 Å². The number of sulfonamides is 1. The van der Waals surface area contributed by atoms with Crippen LogP contribution in [0.2, 0.25) is 0 Å². The monoisotopic (exact) mass is 513 g/mol. The fourth-order valence-electron chi connectivity index (χ4n) is 5.48. The fourth-order valence-corrected chi connectivity index (χ4v) is 7.90. The van der Waals surface area contributed by atoms with Gasteiger partial charge in [0.05, 0.1) is 11.2 Å². The minimum atomic E-state index is -3.94. The van der Waals surface area contributed by atoms with Crippen LogP contribution in [0, 0.1) is 12.8 Å². The van der Waals surface area contributed by atoms with Crippen LogP contribution in [0.3, 0.4) is 0 Å². The van der Waals surface area contributed by atoms with Crippen molar-refractivity contribution >= 4 is 30.9 Å². The van der Waals surface area contributed by atoms with Crippen molar-refractivity contribution < 1.29 is 16.8 Å². The minimum absolute atomic E-state index is 0.0864. The van der Waals surface area contributed by atoms with Gasteiger partial charge in [0.15, 0.2) is 0 Å². The Morgan fingerprint density at radius 2 is 1.77 bits per heavy atom. The maximum Gasteiger partial charge on any atom is 0.245 e. The standard InChI is InChI=1S/C26H31N3O4S2/c1-19-26(34(27,30)31)16-25(28(19)17-20-10-4-2-5-11-20)23-18-29(24-15-9-8-14-22(23)24)35(32,33)21-12-6-3-7-13-21/h3,6-9,12,14-16,18,20-21H,2,4-5,10-11,13,17H2,1H3,(H2,27,30,31). The van der Waals surface area contributed by atoms with Gasteiger partial charge in [0.2, 0.25) is 20.0 Å². The molecule has 0 aliphatic heterocycles. The number of hydrogen-bond donors (Lipinski definition) is 1. The Bertz CT molecular complexity index is 1540. The van der Waals surface area contributed by atoms with Crippen LogP contribution in [0.1, 0.15) is 44.2 Å². The number of fused-ring (bicyclic) bond motifs is 1. The van der Waals surface area contributed by atoms with Gasteiger partial charge in [-0.25, -0.2) is 25.9 Å². The molecule has 0 spiro atoms. The van der Waals surface area contributed by atoms with Crippen molar-refractivity contribution in [2.24, 2.45) is 11.1 Å². The summed E-state index contributed by atoms with van der Waals surface area (Å²) in [6.45, 7) is 2.46. The number of allylic oxidation sites excluding steroid dienone is 3. The van der Waals surface area contributed by atoms with Crippen molar-refractivity contribution in [3.05, 3.63) is 66.5 Å². The van der Waals surface area contributed by atoms with Gasteiger partial charge in [-0.1, -0.05) is 61.8 Å². The van der Waals surface area contributed by atoms with Gasteiger partial charge in [-0.15, -0.1) is 0 Å². The Hall–Kier alpha value is -2.62. The number of aromatic nitrogens is 2. The lowest BCUT2D eigenvalue weighted by atomic mass is 9.89. The van der Waals surface area contributed by atoms with Crippen LogP contribution in [-0.2, 0) is 26.6 Å². The second-order valence-electron chi connectivity index (χ2n) is 9.63. The molecule has 9 heteroatoms. The summed E-state index contributed by atoms with van der Waals surface area (Å²) in [4.78, 5) is 0.0864. The average Bonchev–Trinajstić information content (AvgIpc) is 3.39. The lowest BCUT2D eigenvalue weighted by Gasteiger charge is -2.24. The third kappa shape index (κ3) is 4.41. The van der Waals surface area contributed by atoms with Gasteiger partial charge >= 0.3 is 0 Å². The highest BCUT2D eigenvalue weighted by atomic mass is 32.2. The first-order valence-corrected chi connectivity index (χ1v) is 15.1. The molecule has 1 saturated carbocycles. The molecule has 0 saturated heterocycles. The molecule has 186 valence electrons. The molecule has 2 heterocycles. The lowest BCUT2D eigenvalue weighted by molar-refractivity contribution is 0.318. The Morgan fingerprint density at radius 3 is 2.46 bits per heavy atom. The summed E-state index contributed by atoms with van der Waals surface area (Å²) >= 11 is 0. The molecule has 0 bridgehead atoms. The van der Waals surface area contributed by atoms with E-state index in [1.807, 2.05) is 34.9 Å². The number of hydrogen-bond acceptors (Lipinski definition) is 4. The molecule has 2 aromatic heterocycles. The second-order valence-corrected chi connectivity index (χ2v) is 13.2. The molecule has 1 fully saturated rings. The van der Waals surface area contributed by atoms with E-state index in [2.05, 4.69) is 0 Å². The molecule has 1 unspecified atom stereocenters. The Kier molecular flexibility index (Phi) is 6.27. The van der Waals surface area contributed by atoms with E-state index in [4.69, 9.17) is 5.14 Å². The molecule has 2 N–H and O–H groups in total. The maximum atomic E-state index is 13.6. The summed E-state index contributed by atoms with van der Waals surface area (Å²) in [6.07, 6.45) is 15.0. The molecular formula is C26H31N3O4S2. The van der Waals surface area contributed by atoms with Crippen molar-refractivity contribution in [3.8, 4) is 11.3 Å². The average molecular weight is 514 g/mol. The predicted molar refractivity (Wildman–Crippen MR) is 139 cm³/mol. The predicted octanol–water partition coefficient (Wildman–Crippen LogP) is 4.71. The lowest BCUT2D eigenvalue weighted by Crippen LogP contribution is -2.25. The third-order valence-corrected chi connectivity index (χ3v) is 10.3. The highest BCUT2D eigenvalue weighted by Gasteiger charge is 2.30. The van der Waals surface area contributed by atoms with Gasteiger partial charge < -0.3 is 4.57 Å². The number of nitrogens with zero attached hydrogens (tertiary/aromatic N) is 2. The van der Waals surface area contributed by atoms with Gasteiger partial charge in [-0.2, -0.15) is 0 Å². The summed E-state index contributed by atoms with van der Waals surface area (Å²) < 4.78 is 55.5. The van der Waals surface area contributed by atoms with E-state index in [1.165, 1.54) is 23.2 Å². The van der Waals surface area contributed by atoms with Gasteiger partial charge in [0.25, 0.3) is 0 Å². The van der Waals surface area contributed by atoms with Gasteiger partial charge in [0, 0.05) is 29.4 Å². The first kappa shape index (κ1) is 24.1. The molecule has 3 aromatic rings. The maximum absolute atomic E-state index is 13.6. The van der Waals surface area contributed by atoms with Crippen LogP contribution >= 0.6 is 0 Å².